The first-order valence-electron chi connectivity index (χ1n) is 10.9. The highest BCUT2D eigenvalue weighted by atomic mass is 16.2. The second-order valence-electron chi connectivity index (χ2n) is 8.65. The standard InChI is InChI=1S/C21H39N5O2/c1-5-22-20(23-13-10-18(27)26-14-8-9-17(2)15-26)24-16-21(11-6-7-12-21)19(28)25(3)4/h17H,5-16H2,1-4H3,(H2,22,23,24). The molecule has 2 rings (SSSR count). The summed E-state index contributed by atoms with van der Waals surface area (Å²) in [5.41, 5.74) is -0.369. The van der Waals surface area contributed by atoms with Gasteiger partial charge in [-0.05, 0) is 38.5 Å². The minimum atomic E-state index is -0.369. The molecule has 1 atom stereocenters. The molecule has 2 amide bonds. The lowest BCUT2D eigenvalue weighted by molar-refractivity contribution is -0.138. The molecule has 1 unspecified atom stereocenters. The number of piperidine rings is 1. The van der Waals surface area contributed by atoms with Crippen molar-refractivity contribution in [2.75, 3.05) is 46.8 Å². The Morgan fingerprint density at radius 2 is 1.89 bits per heavy atom. The van der Waals surface area contributed by atoms with E-state index in [1.165, 1.54) is 6.42 Å². The highest BCUT2D eigenvalue weighted by Gasteiger charge is 2.42. The minimum Gasteiger partial charge on any atom is -0.357 e. The molecular weight excluding hydrogens is 354 g/mol. The first kappa shape index (κ1) is 22.5. The molecule has 0 radical (unpaired) electrons. The van der Waals surface area contributed by atoms with Gasteiger partial charge in [-0.3, -0.25) is 14.6 Å². The predicted molar refractivity (Wildman–Crippen MR) is 113 cm³/mol. The number of aliphatic imine (C=N–C) groups is 1. The quantitative estimate of drug-likeness (QED) is 0.511. The Morgan fingerprint density at radius 3 is 2.50 bits per heavy atom. The van der Waals surface area contributed by atoms with Gasteiger partial charge in [0, 0.05) is 46.7 Å². The zero-order valence-corrected chi connectivity index (χ0v) is 18.2. The molecule has 0 aromatic rings. The van der Waals surface area contributed by atoms with Gasteiger partial charge in [0.1, 0.15) is 0 Å². The Labute approximate surface area is 170 Å². The molecule has 0 bridgehead atoms. The van der Waals surface area contributed by atoms with Gasteiger partial charge < -0.3 is 20.4 Å². The molecule has 2 aliphatic rings. The maximum absolute atomic E-state index is 12.7. The van der Waals surface area contributed by atoms with Crippen LogP contribution in [0.4, 0.5) is 0 Å². The Morgan fingerprint density at radius 1 is 1.18 bits per heavy atom. The van der Waals surface area contributed by atoms with E-state index >= 15 is 0 Å². The predicted octanol–water partition coefficient (Wildman–Crippen LogP) is 1.84. The van der Waals surface area contributed by atoms with E-state index in [0.717, 1.165) is 51.7 Å². The van der Waals surface area contributed by atoms with Crippen molar-refractivity contribution in [3.63, 3.8) is 0 Å². The third-order valence-corrected chi connectivity index (χ3v) is 5.95. The maximum Gasteiger partial charge on any atom is 0.230 e. The molecule has 160 valence electrons. The first-order chi connectivity index (χ1) is 13.4. The van der Waals surface area contributed by atoms with Gasteiger partial charge in [-0.25, -0.2) is 0 Å². The Kier molecular flexibility index (Phi) is 8.58. The third kappa shape index (κ3) is 6.11. The lowest BCUT2D eigenvalue weighted by Crippen LogP contribution is -2.44. The van der Waals surface area contributed by atoms with Crippen molar-refractivity contribution < 1.29 is 9.59 Å². The molecule has 2 N–H and O–H groups in total. The van der Waals surface area contributed by atoms with Crippen LogP contribution in [-0.2, 0) is 9.59 Å². The largest absolute Gasteiger partial charge is 0.357 e. The van der Waals surface area contributed by atoms with Crippen LogP contribution >= 0.6 is 0 Å². The van der Waals surface area contributed by atoms with Gasteiger partial charge in [0.05, 0.1) is 12.0 Å². The van der Waals surface area contributed by atoms with E-state index in [4.69, 9.17) is 4.99 Å². The molecule has 7 nitrogen and oxygen atoms in total. The minimum absolute atomic E-state index is 0.180. The zero-order chi connectivity index (χ0) is 20.6. The molecule has 1 aliphatic carbocycles. The van der Waals surface area contributed by atoms with Crippen LogP contribution in [0.3, 0.4) is 0 Å². The molecule has 2 fully saturated rings. The lowest BCUT2D eigenvalue weighted by Gasteiger charge is -2.31. The van der Waals surface area contributed by atoms with E-state index in [9.17, 15) is 9.59 Å². The second-order valence-corrected chi connectivity index (χ2v) is 8.65. The summed E-state index contributed by atoms with van der Waals surface area (Å²) in [6.45, 7) is 7.79. The topological polar surface area (TPSA) is 77.0 Å². The van der Waals surface area contributed by atoms with Crippen LogP contribution in [0.1, 0.15) is 58.8 Å². The molecule has 1 saturated carbocycles. The van der Waals surface area contributed by atoms with Gasteiger partial charge in [-0.15, -0.1) is 0 Å². The number of hydrogen-bond acceptors (Lipinski definition) is 3. The van der Waals surface area contributed by atoms with Crippen LogP contribution in [0.5, 0.6) is 0 Å². The van der Waals surface area contributed by atoms with E-state index in [1.807, 2.05) is 25.9 Å². The molecule has 0 aromatic heterocycles. The Balaban J connectivity index is 1.89. The SMILES string of the molecule is CCNC(=NCC1(C(=O)N(C)C)CCCC1)NCCC(=O)N1CCCC(C)C1. The van der Waals surface area contributed by atoms with E-state index in [1.54, 1.807) is 4.90 Å². The highest BCUT2D eigenvalue weighted by molar-refractivity contribution is 5.84. The molecular formula is C21H39N5O2. The number of nitrogens with zero attached hydrogens (tertiary/aromatic N) is 3. The van der Waals surface area contributed by atoms with E-state index in [-0.39, 0.29) is 17.2 Å². The summed E-state index contributed by atoms with van der Waals surface area (Å²) in [6, 6.07) is 0. The van der Waals surface area contributed by atoms with Crippen LogP contribution in [0.25, 0.3) is 0 Å². The van der Waals surface area contributed by atoms with Gasteiger partial charge >= 0.3 is 0 Å². The number of likely N-dealkylation sites (tertiary alicyclic amines) is 1. The Hall–Kier alpha value is -1.79. The number of guanidine groups is 1. The smallest absolute Gasteiger partial charge is 0.230 e. The lowest BCUT2D eigenvalue weighted by atomic mass is 9.85. The molecule has 1 heterocycles. The van der Waals surface area contributed by atoms with Crippen molar-refractivity contribution in [2.24, 2.45) is 16.3 Å². The van der Waals surface area contributed by atoms with Crippen LogP contribution in [-0.4, -0.2) is 74.4 Å². The summed E-state index contributed by atoms with van der Waals surface area (Å²) in [5.74, 6) is 1.69. The van der Waals surface area contributed by atoms with Crippen LogP contribution in [0.2, 0.25) is 0 Å². The summed E-state index contributed by atoms with van der Waals surface area (Å²) in [6.07, 6.45) is 6.76. The summed E-state index contributed by atoms with van der Waals surface area (Å²) < 4.78 is 0. The van der Waals surface area contributed by atoms with E-state index in [0.29, 0.717) is 31.4 Å². The molecule has 0 spiro atoms. The molecule has 0 aromatic carbocycles. The average molecular weight is 394 g/mol. The van der Waals surface area contributed by atoms with Crippen molar-refractivity contribution in [1.82, 2.24) is 20.4 Å². The van der Waals surface area contributed by atoms with Crippen molar-refractivity contribution in [2.45, 2.75) is 58.8 Å². The van der Waals surface area contributed by atoms with Gasteiger partial charge in [0.15, 0.2) is 5.96 Å². The van der Waals surface area contributed by atoms with Gasteiger partial charge in [-0.2, -0.15) is 0 Å². The van der Waals surface area contributed by atoms with Gasteiger partial charge in [0.2, 0.25) is 11.8 Å². The van der Waals surface area contributed by atoms with Crippen molar-refractivity contribution in [1.29, 1.82) is 0 Å². The van der Waals surface area contributed by atoms with Crippen molar-refractivity contribution >= 4 is 17.8 Å². The fourth-order valence-corrected chi connectivity index (χ4v) is 4.40. The van der Waals surface area contributed by atoms with Crippen LogP contribution < -0.4 is 10.6 Å². The number of nitrogens with one attached hydrogen (secondary N) is 2. The molecule has 28 heavy (non-hydrogen) atoms. The number of carbonyl (C=O) groups is 2. The maximum atomic E-state index is 12.7. The van der Waals surface area contributed by atoms with Crippen LogP contribution in [0, 0.1) is 11.3 Å². The van der Waals surface area contributed by atoms with E-state index in [2.05, 4.69) is 17.6 Å². The van der Waals surface area contributed by atoms with Gasteiger partial charge in [-0.1, -0.05) is 19.8 Å². The van der Waals surface area contributed by atoms with E-state index < -0.39 is 0 Å². The summed E-state index contributed by atoms with van der Waals surface area (Å²) in [7, 11) is 3.64. The fourth-order valence-electron chi connectivity index (χ4n) is 4.40. The second kappa shape index (κ2) is 10.7. The number of rotatable bonds is 7. The highest BCUT2D eigenvalue weighted by Crippen LogP contribution is 2.39. The number of hydrogen-bond donors (Lipinski definition) is 2. The molecule has 1 saturated heterocycles. The monoisotopic (exact) mass is 393 g/mol. The number of carbonyl (C=O) groups excluding carboxylic acids is 2. The average Bonchev–Trinajstić information content (AvgIpc) is 3.15. The Bertz CT molecular complexity index is 555. The normalized spacial score (nSPS) is 22.1. The fraction of sp³-hybridized carbons (Fsp3) is 0.857. The molecule has 1 aliphatic heterocycles. The van der Waals surface area contributed by atoms with Crippen molar-refractivity contribution in [3.05, 3.63) is 0 Å². The molecule has 7 heteroatoms. The third-order valence-electron chi connectivity index (χ3n) is 5.95. The van der Waals surface area contributed by atoms with Gasteiger partial charge in [0.25, 0.3) is 0 Å². The van der Waals surface area contributed by atoms with Crippen molar-refractivity contribution in [3.8, 4) is 0 Å². The first-order valence-corrected chi connectivity index (χ1v) is 10.9. The summed E-state index contributed by atoms with van der Waals surface area (Å²) in [5, 5.41) is 6.52. The summed E-state index contributed by atoms with van der Waals surface area (Å²) >= 11 is 0. The summed E-state index contributed by atoms with van der Waals surface area (Å²) in [4.78, 5) is 33.5. The zero-order valence-electron chi connectivity index (χ0n) is 18.2. The van der Waals surface area contributed by atoms with Crippen LogP contribution in [0.15, 0.2) is 4.99 Å². The number of amides is 2.